The number of hydrogen-bond acceptors (Lipinski definition) is 4. The molecule has 43 heavy (non-hydrogen) atoms. The fraction of sp³-hybridized carbons (Fsp3) is 0.333. The maximum atomic E-state index is 3.83. The van der Waals surface area contributed by atoms with Crippen LogP contribution in [0.15, 0.2) is 148 Å². The average molecular weight is 583 g/mol. The molecule has 0 N–H and O–H groups in total. The molecule has 0 bridgehead atoms. The summed E-state index contributed by atoms with van der Waals surface area (Å²) in [6, 6.07) is 43.1. The Kier molecular flexibility index (Phi) is 36.1. The molecule has 0 unspecified atom stereocenters. The third-order valence-corrected chi connectivity index (χ3v) is 4.49. The zero-order valence-electron chi connectivity index (χ0n) is 28.8. The Hall–Kier alpha value is -4.18. The molecule has 5 rings (SSSR count). The van der Waals surface area contributed by atoms with E-state index in [0.29, 0.717) is 0 Å². The van der Waals surface area contributed by atoms with Crippen molar-refractivity contribution in [3.05, 3.63) is 127 Å². The smallest absolute Gasteiger partial charge is 0.0852 e. The monoisotopic (exact) mass is 582 g/mol. The van der Waals surface area contributed by atoms with Crippen LogP contribution < -0.4 is 0 Å². The van der Waals surface area contributed by atoms with Gasteiger partial charge in [-0.25, -0.2) is 0 Å². The molecule has 5 aromatic rings. The molecule has 0 radical (unpaired) electrons. The summed E-state index contributed by atoms with van der Waals surface area (Å²) >= 11 is 0. The Bertz CT molecular complexity index is 1070. The third-order valence-electron chi connectivity index (χ3n) is 4.49. The molecule has 0 aliphatic rings. The van der Waals surface area contributed by atoms with E-state index in [4.69, 9.17) is 0 Å². The van der Waals surface area contributed by atoms with E-state index < -0.39 is 0 Å². The normalized spacial score (nSPS) is 8.81. The first-order chi connectivity index (χ1) is 21.1. The van der Waals surface area contributed by atoms with Crippen molar-refractivity contribution in [2.24, 2.45) is 20.5 Å². The van der Waals surface area contributed by atoms with Gasteiger partial charge in [-0.2, -0.15) is 20.5 Å². The van der Waals surface area contributed by atoms with Crippen LogP contribution in [-0.4, -0.2) is 21.1 Å². The summed E-state index contributed by atoms with van der Waals surface area (Å²) < 4.78 is 0. The largest absolute Gasteiger partial charge is 0.198 e. The van der Waals surface area contributed by atoms with Crippen LogP contribution in [0.2, 0.25) is 0 Å². The minimum atomic E-state index is 0.903. The highest BCUT2D eigenvalue weighted by atomic mass is 15.1. The van der Waals surface area contributed by atoms with Crippen LogP contribution in [0.1, 0.15) is 68.2 Å². The number of hydrogen-bond donors (Lipinski definition) is 0. The van der Waals surface area contributed by atoms with Crippen molar-refractivity contribution < 1.29 is 0 Å². The molecule has 5 aromatic carbocycles. The van der Waals surface area contributed by atoms with E-state index in [-0.39, 0.29) is 0 Å². The molecule has 0 fully saturated rings. The zero-order chi connectivity index (χ0) is 33.0. The Morgan fingerprint density at radius 3 is 0.744 bits per heavy atom. The molecule has 0 aromatic heterocycles. The van der Waals surface area contributed by atoms with Crippen molar-refractivity contribution in [1.82, 2.24) is 0 Å². The minimum absolute atomic E-state index is 0.903. The van der Waals surface area contributed by atoms with Crippen LogP contribution in [-0.2, 0) is 0 Å². The molecule has 0 atom stereocenters. The average Bonchev–Trinajstić information content (AvgIpc) is 3.09. The van der Waals surface area contributed by atoms with Gasteiger partial charge in [-0.3, -0.25) is 0 Å². The molecule has 0 amide bonds. The first-order valence-electron chi connectivity index (χ1n) is 15.5. The van der Waals surface area contributed by atoms with Crippen LogP contribution in [0.25, 0.3) is 21.5 Å². The predicted octanol–water partition coefficient (Wildman–Crippen LogP) is 13.7. The van der Waals surface area contributed by atoms with Crippen molar-refractivity contribution in [3.8, 4) is 0 Å². The lowest BCUT2D eigenvalue weighted by molar-refractivity contribution is 1.09. The summed E-state index contributed by atoms with van der Waals surface area (Å²) in [6.07, 6.45) is 2.50. The number of benzene rings is 5. The van der Waals surface area contributed by atoms with Crippen molar-refractivity contribution in [3.63, 3.8) is 0 Å². The van der Waals surface area contributed by atoms with Gasteiger partial charge >= 0.3 is 0 Å². The second-order valence-electron chi connectivity index (χ2n) is 8.14. The molecule has 0 saturated heterocycles. The van der Waals surface area contributed by atoms with Crippen molar-refractivity contribution >= 4 is 27.2 Å². The Labute approximate surface area is 264 Å². The van der Waals surface area contributed by atoms with Crippen molar-refractivity contribution in [1.29, 1.82) is 0 Å². The van der Waals surface area contributed by atoms with Crippen molar-refractivity contribution in [2.45, 2.75) is 68.2 Å². The maximum Gasteiger partial charge on any atom is 0.0852 e. The quantitative estimate of drug-likeness (QED) is 0.177. The fourth-order valence-electron chi connectivity index (χ4n) is 2.88. The second-order valence-corrected chi connectivity index (χ2v) is 8.14. The van der Waals surface area contributed by atoms with Gasteiger partial charge < -0.3 is 0 Å². The summed E-state index contributed by atoms with van der Waals surface area (Å²) in [7, 11) is 4.94. The van der Waals surface area contributed by atoms with E-state index in [9.17, 15) is 0 Å². The molecule has 0 aliphatic heterocycles. The first-order valence-corrected chi connectivity index (χ1v) is 15.5. The van der Waals surface area contributed by atoms with Crippen LogP contribution in [0.5, 0.6) is 0 Å². The highest BCUT2D eigenvalue weighted by molar-refractivity contribution is 5.82. The van der Waals surface area contributed by atoms with E-state index >= 15 is 0 Å². The van der Waals surface area contributed by atoms with Crippen LogP contribution in [0.4, 0.5) is 5.69 Å². The molecule has 0 aliphatic carbocycles. The summed E-state index contributed by atoms with van der Waals surface area (Å²) in [5, 5.41) is 19.4. The van der Waals surface area contributed by atoms with Gasteiger partial charge in [0.2, 0.25) is 0 Å². The van der Waals surface area contributed by atoms with Gasteiger partial charge in [0.15, 0.2) is 0 Å². The molecule has 4 nitrogen and oxygen atoms in total. The Balaban J connectivity index is -0.000000463. The number of rotatable bonds is 1. The van der Waals surface area contributed by atoms with Crippen LogP contribution >= 0.6 is 0 Å². The molecular formula is C39H58N4. The summed E-state index contributed by atoms with van der Waals surface area (Å²) in [6.45, 7) is 16.5. The summed E-state index contributed by atoms with van der Waals surface area (Å²) in [5.41, 5.74) is 0.903. The van der Waals surface area contributed by atoms with Gasteiger partial charge in [-0.1, -0.05) is 183 Å². The van der Waals surface area contributed by atoms with E-state index in [1.54, 1.807) is 21.1 Å². The lowest BCUT2D eigenvalue weighted by Gasteiger charge is -1.92. The molecule has 0 saturated carbocycles. The fourth-order valence-corrected chi connectivity index (χ4v) is 2.88. The lowest BCUT2D eigenvalue weighted by Crippen LogP contribution is -1.67. The van der Waals surface area contributed by atoms with E-state index in [1.807, 2.05) is 58.0 Å². The molecule has 4 heteroatoms. The lowest BCUT2D eigenvalue weighted by atomic mass is 10.1. The Morgan fingerprint density at radius 1 is 0.349 bits per heavy atom. The first kappa shape index (κ1) is 43.3. The molecule has 0 heterocycles. The summed E-state index contributed by atoms with van der Waals surface area (Å²) in [4.78, 5) is 0. The van der Waals surface area contributed by atoms with Gasteiger partial charge in [-0.05, 0) is 33.7 Å². The Morgan fingerprint density at radius 2 is 0.558 bits per heavy atom. The third kappa shape index (κ3) is 25.3. The standard InChI is InChI=1S/2C10H8.C7H8N2.2C3H8.C2H6N2.2C2H6/c2*1-2-6-10-8-4-3-7-9(10)5-1;1-8-9-7-5-3-2-4-6-7;2*1-3-2;1-3-4-2;2*1-2/h2*1-8H;2-6H,1H3;2*3H2,1-2H3;1-2H3;2*1-2H3. The molecule has 234 valence electrons. The summed E-state index contributed by atoms with van der Waals surface area (Å²) in [5.74, 6) is 0. The maximum absolute atomic E-state index is 3.83. The number of fused-ring (bicyclic) bond motifs is 2. The van der Waals surface area contributed by atoms with Gasteiger partial charge in [0, 0.05) is 21.1 Å². The second kappa shape index (κ2) is 35.8. The van der Waals surface area contributed by atoms with Gasteiger partial charge in [0.05, 0.1) is 5.69 Å². The molecular weight excluding hydrogens is 524 g/mol. The van der Waals surface area contributed by atoms with Crippen LogP contribution in [0, 0.1) is 0 Å². The number of nitrogens with zero attached hydrogens (tertiary/aromatic N) is 4. The van der Waals surface area contributed by atoms with Gasteiger partial charge in [0.25, 0.3) is 0 Å². The van der Waals surface area contributed by atoms with Crippen molar-refractivity contribution in [2.75, 3.05) is 21.1 Å². The van der Waals surface area contributed by atoms with Gasteiger partial charge in [-0.15, -0.1) is 0 Å². The van der Waals surface area contributed by atoms with E-state index in [2.05, 4.69) is 145 Å². The van der Waals surface area contributed by atoms with Crippen LogP contribution in [0.3, 0.4) is 0 Å². The van der Waals surface area contributed by atoms with Gasteiger partial charge in [0.1, 0.15) is 0 Å². The minimum Gasteiger partial charge on any atom is -0.198 e. The van der Waals surface area contributed by atoms with E-state index in [0.717, 1.165) is 5.69 Å². The molecule has 0 spiro atoms. The highest BCUT2D eigenvalue weighted by Crippen LogP contribution is 2.12. The topological polar surface area (TPSA) is 49.4 Å². The zero-order valence-corrected chi connectivity index (χ0v) is 28.8. The SMILES string of the molecule is CC.CC.CCC.CCC.CN=NC.CN=Nc1ccccc1.c1ccc2ccccc2c1.c1ccc2ccccc2c1. The predicted molar refractivity (Wildman–Crippen MR) is 196 cm³/mol. The highest BCUT2D eigenvalue weighted by Gasteiger charge is 1.86. The van der Waals surface area contributed by atoms with E-state index in [1.165, 1.54) is 34.4 Å². The number of azo groups is 2.